The third-order valence-corrected chi connectivity index (χ3v) is 4.87. The van der Waals surface area contributed by atoms with Crippen molar-refractivity contribution in [3.05, 3.63) is 76.6 Å². The summed E-state index contributed by atoms with van der Waals surface area (Å²) in [5.41, 5.74) is 1.68. The smallest absolute Gasteiger partial charge is 0.338 e. The molecular weight excluding hydrogens is 375 g/mol. The largest absolute Gasteiger partial charge is 0.462 e. The fourth-order valence-electron chi connectivity index (χ4n) is 3.60. The number of aromatic nitrogens is 3. The summed E-state index contributed by atoms with van der Waals surface area (Å²) < 4.78 is 18.6. The van der Waals surface area contributed by atoms with Gasteiger partial charge in [-0.25, -0.2) is 14.2 Å². The second-order valence-electron chi connectivity index (χ2n) is 6.73. The molecule has 2 unspecified atom stereocenters. The fraction of sp³-hybridized carbons (Fsp3) is 0.238. The number of fused-ring (bicyclic) bond motifs is 1. The lowest BCUT2D eigenvalue weighted by molar-refractivity contribution is 0.0522. The SMILES string of the molecule is CCOC(=O)c1cccc2c1C(=O)C(c1nc(C)n[nH]1)C(c1ccc(F)cc1)N2. The lowest BCUT2D eigenvalue weighted by Gasteiger charge is -2.33. The molecule has 0 bridgehead atoms. The van der Waals surface area contributed by atoms with Gasteiger partial charge < -0.3 is 10.1 Å². The topological polar surface area (TPSA) is 97.0 Å². The fourth-order valence-corrected chi connectivity index (χ4v) is 3.60. The summed E-state index contributed by atoms with van der Waals surface area (Å²) in [6.07, 6.45) is 0. The lowest BCUT2D eigenvalue weighted by Crippen LogP contribution is -2.34. The molecule has 0 fully saturated rings. The number of halogens is 1. The van der Waals surface area contributed by atoms with Gasteiger partial charge in [0.2, 0.25) is 0 Å². The summed E-state index contributed by atoms with van der Waals surface area (Å²) >= 11 is 0. The molecule has 2 atom stereocenters. The molecule has 0 radical (unpaired) electrons. The Kier molecular flexibility index (Phi) is 4.84. The number of H-pyrrole nitrogens is 1. The molecule has 2 N–H and O–H groups in total. The number of nitrogens with zero attached hydrogens (tertiary/aromatic N) is 2. The highest BCUT2D eigenvalue weighted by atomic mass is 19.1. The van der Waals surface area contributed by atoms with Crippen LogP contribution in [-0.4, -0.2) is 33.5 Å². The van der Waals surface area contributed by atoms with E-state index in [2.05, 4.69) is 20.5 Å². The first kappa shape index (κ1) is 18.8. The number of rotatable bonds is 4. The van der Waals surface area contributed by atoms with E-state index in [1.165, 1.54) is 12.1 Å². The van der Waals surface area contributed by atoms with Gasteiger partial charge in [-0.3, -0.25) is 9.89 Å². The van der Waals surface area contributed by atoms with E-state index in [0.29, 0.717) is 22.9 Å². The Morgan fingerprint density at radius 1 is 1.21 bits per heavy atom. The highest BCUT2D eigenvalue weighted by Crippen LogP contribution is 2.42. The molecule has 2 heterocycles. The first-order chi connectivity index (χ1) is 14.0. The number of hydrogen-bond donors (Lipinski definition) is 2. The number of benzene rings is 2. The van der Waals surface area contributed by atoms with Crippen LogP contribution in [0.5, 0.6) is 0 Å². The maximum absolute atomic E-state index is 13.6. The zero-order chi connectivity index (χ0) is 20.5. The van der Waals surface area contributed by atoms with Gasteiger partial charge in [-0.05, 0) is 43.7 Å². The molecular formula is C21H19FN4O3. The number of carbonyl (C=O) groups is 2. The Morgan fingerprint density at radius 2 is 1.97 bits per heavy atom. The highest BCUT2D eigenvalue weighted by molar-refractivity contribution is 6.14. The first-order valence-electron chi connectivity index (χ1n) is 9.24. The third kappa shape index (κ3) is 3.37. The van der Waals surface area contributed by atoms with Crippen molar-refractivity contribution in [1.29, 1.82) is 0 Å². The molecule has 0 aliphatic carbocycles. The second-order valence-corrected chi connectivity index (χ2v) is 6.73. The number of ketones is 1. The van der Waals surface area contributed by atoms with Crippen molar-refractivity contribution < 1.29 is 18.7 Å². The summed E-state index contributed by atoms with van der Waals surface area (Å²) in [6.45, 7) is 3.62. The van der Waals surface area contributed by atoms with Gasteiger partial charge in [0.15, 0.2) is 5.78 Å². The molecule has 0 spiro atoms. The van der Waals surface area contributed by atoms with Gasteiger partial charge in [-0.1, -0.05) is 18.2 Å². The minimum atomic E-state index is -0.773. The third-order valence-electron chi connectivity index (χ3n) is 4.87. The number of carbonyl (C=O) groups excluding carboxylic acids is 2. The Morgan fingerprint density at radius 3 is 2.62 bits per heavy atom. The maximum Gasteiger partial charge on any atom is 0.338 e. The average molecular weight is 394 g/mol. The van der Waals surface area contributed by atoms with E-state index in [4.69, 9.17) is 4.74 Å². The number of ether oxygens (including phenoxy) is 1. The van der Waals surface area contributed by atoms with Gasteiger partial charge in [0.05, 0.1) is 23.8 Å². The number of nitrogens with one attached hydrogen (secondary N) is 2. The number of aromatic amines is 1. The van der Waals surface area contributed by atoms with E-state index >= 15 is 0 Å². The number of Topliss-reactive ketones (excluding diaryl/α,β-unsaturated/α-hetero) is 1. The molecule has 7 nitrogen and oxygen atoms in total. The number of esters is 1. The van der Waals surface area contributed by atoms with Crippen molar-refractivity contribution in [3.63, 3.8) is 0 Å². The van der Waals surface area contributed by atoms with Crippen molar-refractivity contribution >= 4 is 17.4 Å². The van der Waals surface area contributed by atoms with E-state index in [1.54, 1.807) is 44.2 Å². The molecule has 0 saturated heterocycles. The predicted molar refractivity (Wildman–Crippen MR) is 103 cm³/mol. The van der Waals surface area contributed by atoms with Crippen molar-refractivity contribution in [2.75, 3.05) is 11.9 Å². The monoisotopic (exact) mass is 394 g/mol. The van der Waals surface area contributed by atoms with E-state index in [-0.39, 0.29) is 29.3 Å². The zero-order valence-corrected chi connectivity index (χ0v) is 15.9. The summed E-state index contributed by atoms with van der Waals surface area (Å²) in [6, 6.07) is 10.4. The standard InChI is InChI=1S/C21H19FN4O3/c1-3-29-21(28)14-5-4-6-15-16(14)19(27)17(20-23-11(2)25-26-20)18(24-15)12-7-9-13(22)10-8-12/h4-10,17-18,24H,3H2,1-2H3,(H,23,25,26). The van der Waals surface area contributed by atoms with E-state index in [1.807, 2.05) is 0 Å². The van der Waals surface area contributed by atoms with Crippen LogP contribution >= 0.6 is 0 Å². The molecule has 29 heavy (non-hydrogen) atoms. The Labute approximate surface area is 166 Å². The van der Waals surface area contributed by atoms with Crippen molar-refractivity contribution in [2.45, 2.75) is 25.8 Å². The summed E-state index contributed by atoms with van der Waals surface area (Å²) in [5, 5.41) is 10.2. The van der Waals surface area contributed by atoms with Crippen LogP contribution in [0.2, 0.25) is 0 Å². The molecule has 148 valence electrons. The summed E-state index contributed by atoms with van der Waals surface area (Å²) in [7, 11) is 0. The van der Waals surface area contributed by atoms with Gasteiger partial charge in [0, 0.05) is 5.69 Å². The van der Waals surface area contributed by atoms with Crippen molar-refractivity contribution in [3.8, 4) is 0 Å². The molecule has 3 aromatic rings. The van der Waals surface area contributed by atoms with Gasteiger partial charge in [0.25, 0.3) is 0 Å². The lowest BCUT2D eigenvalue weighted by atomic mass is 9.80. The van der Waals surface area contributed by atoms with E-state index in [0.717, 1.165) is 0 Å². The Balaban J connectivity index is 1.86. The Bertz CT molecular complexity index is 1080. The minimum absolute atomic E-state index is 0.195. The Hall–Kier alpha value is -3.55. The van der Waals surface area contributed by atoms with Crippen LogP contribution in [0, 0.1) is 12.7 Å². The quantitative estimate of drug-likeness (QED) is 0.657. The normalized spacial score (nSPS) is 18.1. The predicted octanol–water partition coefficient (Wildman–Crippen LogP) is 3.56. The molecule has 4 rings (SSSR count). The number of aryl methyl sites for hydroxylation is 1. The van der Waals surface area contributed by atoms with Gasteiger partial charge in [-0.15, -0.1) is 0 Å². The zero-order valence-electron chi connectivity index (χ0n) is 15.9. The summed E-state index contributed by atoms with van der Waals surface area (Å²) in [5.74, 6) is -1.12. The van der Waals surface area contributed by atoms with Gasteiger partial charge in [0.1, 0.15) is 23.4 Å². The van der Waals surface area contributed by atoms with Gasteiger partial charge in [-0.2, -0.15) is 5.10 Å². The van der Waals surface area contributed by atoms with Crippen LogP contribution in [0.3, 0.4) is 0 Å². The van der Waals surface area contributed by atoms with E-state index in [9.17, 15) is 14.0 Å². The van der Waals surface area contributed by atoms with Crippen LogP contribution in [0.25, 0.3) is 0 Å². The molecule has 2 aromatic carbocycles. The molecule has 0 saturated carbocycles. The van der Waals surface area contributed by atoms with Crippen molar-refractivity contribution in [1.82, 2.24) is 15.2 Å². The van der Waals surface area contributed by atoms with Crippen molar-refractivity contribution in [2.24, 2.45) is 0 Å². The molecule has 8 heteroatoms. The summed E-state index contributed by atoms with van der Waals surface area (Å²) in [4.78, 5) is 30.4. The molecule has 1 aliphatic rings. The van der Waals surface area contributed by atoms with Crippen LogP contribution in [-0.2, 0) is 4.74 Å². The van der Waals surface area contributed by atoms with Crippen LogP contribution in [0.1, 0.15) is 56.8 Å². The van der Waals surface area contributed by atoms with E-state index < -0.39 is 17.9 Å². The molecule has 1 aliphatic heterocycles. The van der Waals surface area contributed by atoms with Gasteiger partial charge >= 0.3 is 5.97 Å². The van der Waals surface area contributed by atoms with Crippen LogP contribution in [0.15, 0.2) is 42.5 Å². The maximum atomic E-state index is 13.6. The first-order valence-corrected chi connectivity index (χ1v) is 9.24. The average Bonchev–Trinajstić information content (AvgIpc) is 3.14. The van der Waals surface area contributed by atoms with Crippen LogP contribution < -0.4 is 5.32 Å². The number of hydrogen-bond acceptors (Lipinski definition) is 6. The number of anilines is 1. The van der Waals surface area contributed by atoms with Crippen LogP contribution in [0.4, 0.5) is 10.1 Å². The second kappa shape index (κ2) is 7.46. The highest BCUT2D eigenvalue weighted by Gasteiger charge is 2.41. The molecule has 1 aromatic heterocycles. The minimum Gasteiger partial charge on any atom is -0.462 e. The molecule has 0 amide bonds.